The van der Waals surface area contributed by atoms with Crippen LogP contribution in [-0.2, 0) is 0 Å². The van der Waals surface area contributed by atoms with Gasteiger partial charge in [0.15, 0.2) is 0 Å². The van der Waals surface area contributed by atoms with Crippen LogP contribution in [0, 0.1) is 0 Å². The molecular weight excluding hydrogens is 174 g/mol. The fourth-order valence-corrected chi connectivity index (χ4v) is 0.991. The van der Waals surface area contributed by atoms with Gasteiger partial charge in [0.25, 0.3) is 0 Å². The third-order valence-electron chi connectivity index (χ3n) is 1.61. The number of hydrogen-bond acceptors (Lipinski definition) is 2. The van der Waals surface area contributed by atoms with Crippen molar-refractivity contribution in [3.8, 4) is 5.75 Å². The molecule has 0 aliphatic heterocycles. The van der Waals surface area contributed by atoms with E-state index in [2.05, 4.69) is 6.58 Å². The van der Waals surface area contributed by atoms with E-state index in [0.717, 1.165) is 5.56 Å². The molecule has 0 heterocycles. The third-order valence-corrected chi connectivity index (χ3v) is 1.93. The van der Waals surface area contributed by atoms with Crippen molar-refractivity contribution in [1.29, 1.82) is 0 Å². The Labute approximate surface area is 76.3 Å². The van der Waals surface area contributed by atoms with E-state index >= 15 is 0 Å². The predicted molar refractivity (Wildman–Crippen MR) is 50.2 cm³/mol. The Morgan fingerprint density at radius 2 is 2.25 bits per heavy atom. The second kappa shape index (κ2) is 3.61. The average molecular weight is 184 g/mol. The minimum Gasteiger partial charge on any atom is -0.506 e. The maximum Gasteiger partial charge on any atom is 0.134 e. The first kappa shape index (κ1) is 9.10. The molecule has 0 amide bonds. The van der Waals surface area contributed by atoms with Gasteiger partial charge in [-0.2, -0.15) is 0 Å². The van der Waals surface area contributed by atoms with Crippen molar-refractivity contribution in [2.24, 2.45) is 5.73 Å². The van der Waals surface area contributed by atoms with Crippen molar-refractivity contribution >= 4 is 11.6 Å². The van der Waals surface area contributed by atoms with Gasteiger partial charge in [0.1, 0.15) is 5.75 Å². The van der Waals surface area contributed by atoms with E-state index in [0.29, 0.717) is 5.02 Å². The van der Waals surface area contributed by atoms with E-state index in [1.54, 1.807) is 18.2 Å². The molecule has 0 saturated carbocycles. The Morgan fingerprint density at radius 3 is 2.75 bits per heavy atom. The molecule has 0 radical (unpaired) electrons. The Balaban J connectivity index is 3.04. The molecule has 0 aromatic heterocycles. The quantitative estimate of drug-likeness (QED) is 0.691. The summed E-state index contributed by atoms with van der Waals surface area (Å²) in [6.45, 7) is 3.55. The van der Waals surface area contributed by atoms with E-state index in [1.165, 1.54) is 6.07 Å². The number of aromatic hydroxyl groups is 1. The number of phenolic OH excluding ortho intramolecular Hbond substituents is 1. The summed E-state index contributed by atoms with van der Waals surface area (Å²) in [5.41, 5.74) is 6.44. The van der Waals surface area contributed by atoms with Gasteiger partial charge in [0, 0.05) is 6.04 Å². The summed E-state index contributed by atoms with van der Waals surface area (Å²) in [5, 5.41) is 9.55. The van der Waals surface area contributed by atoms with E-state index in [9.17, 15) is 5.11 Å². The van der Waals surface area contributed by atoms with Crippen molar-refractivity contribution in [3.05, 3.63) is 41.4 Å². The molecule has 3 heteroatoms. The fraction of sp³-hybridized carbons (Fsp3) is 0.111. The second-order valence-corrected chi connectivity index (χ2v) is 2.88. The molecule has 0 spiro atoms. The Morgan fingerprint density at radius 1 is 1.58 bits per heavy atom. The first-order valence-electron chi connectivity index (χ1n) is 3.51. The van der Waals surface area contributed by atoms with Gasteiger partial charge >= 0.3 is 0 Å². The highest BCUT2D eigenvalue weighted by Gasteiger charge is 2.03. The van der Waals surface area contributed by atoms with E-state index in [4.69, 9.17) is 17.3 Å². The molecule has 0 fully saturated rings. The largest absolute Gasteiger partial charge is 0.506 e. The number of hydrogen-bond donors (Lipinski definition) is 2. The lowest BCUT2D eigenvalue weighted by atomic mass is 10.1. The smallest absolute Gasteiger partial charge is 0.134 e. The zero-order valence-corrected chi connectivity index (χ0v) is 7.25. The van der Waals surface area contributed by atoms with Crippen LogP contribution in [0.4, 0.5) is 0 Å². The molecular formula is C9H10ClNO. The minimum absolute atomic E-state index is 0.0477. The van der Waals surface area contributed by atoms with Crippen molar-refractivity contribution in [3.63, 3.8) is 0 Å². The summed E-state index contributed by atoms with van der Waals surface area (Å²) in [6, 6.07) is 4.65. The monoisotopic (exact) mass is 183 g/mol. The van der Waals surface area contributed by atoms with Gasteiger partial charge in [0.2, 0.25) is 0 Å². The van der Waals surface area contributed by atoms with Crippen molar-refractivity contribution in [1.82, 2.24) is 0 Å². The van der Waals surface area contributed by atoms with Crippen LogP contribution in [-0.4, -0.2) is 5.11 Å². The summed E-state index contributed by atoms with van der Waals surface area (Å²) in [5.74, 6) is 0.0477. The lowest BCUT2D eigenvalue weighted by Gasteiger charge is -2.06. The highest BCUT2D eigenvalue weighted by atomic mass is 35.5. The van der Waals surface area contributed by atoms with Crippen LogP contribution >= 0.6 is 11.6 Å². The van der Waals surface area contributed by atoms with Gasteiger partial charge in [-0.3, -0.25) is 0 Å². The molecule has 1 aromatic carbocycles. The Kier molecular flexibility index (Phi) is 2.74. The van der Waals surface area contributed by atoms with Crippen molar-refractivity contribution < 1.29 is 5.11 Å². The van der Waals surface area contributed by atoms with Crippen LogP contribution in [0.5, 0.6) is 5.75 Å². The van der Waals surface area contributed by atoms with E-state index in [1.807, 2.05) is 0 Å². The molecule has 3 N–H and O–H groups in total. The molecule has 2 nitrogen and oxygen atoms in total. The highest BCUT2D eigenvalue weighted by molar-refractivity contribution is 6.32. The normalized spacial score (nSPS) is 12.5. The van der Waals surface area contributed by atoms with Crippen LogP contribution in [0.15, 0.2) is 30.9 Å². The molecule has 0 aliphatic carbocycles. The van der Waals surface area contributed by atoms with E-state index in [-0.39, 0.29) is 11.8 Å². The number of phenols is 1. The Bertz CT molecular complexity index is 299. The SMILES string of the molecule is C=CC(N)c1ccc(Cl)c(O)c1. The number of nitrogens with two attached hydrogens (primary N) is 1. The number of rotatable bonds is 2. The maximum atomic E-state index is 9.22. The summed E-state index contributed by atoms with van der Waals surface area (Å²) < 4.78 is 0. The zero-order chi connectivity index (χ0) is 9.14. The summed E-state index contributed by atoms with van der Waals surface area (Å²) >= 11 is 5.61. The van der Waals surface area contributed by atoms with Crippen LogP contribution in [0.1, 0.15) is 11.6 Å². The Hall–Kier alpha value is -0.990. The van der Waals surface area contributed by atoms with Crippen LogP contribution in [0.25, 0.3) is 0 Å². The van der Waals surface area contributed by atoms with Crippen LogP contribution in [0.2, 0.25) is 5.02 Å². The molecule has 1 atom stereocenters. The van der Waals surface area contributed by atoms with Gasteiger partial charge in [0.05, 0.1) is 5.02 Å². The standard InChI is InChI=1S/C9H10ClNO/c1-2-8(11)6-3-4-7(10)9(12)5-6/h2-5,8,12H,1,11H2. The van der Waals surface area contributed by atoms with Crippen LogP contribution < -0.4 is 5.73 Å². The summed E-state index contributed by atoms with van der Waals surface area (Å²) in [7, 11) is 0. The average Bonchev–Trinajstić information content (AvgIpc) is 2.08. The van der Waals surface area contributed by atoms with Crippen molar-refractivity contribution in [2.75, 3.05) is 0 Å². The van der Waals surface area contributed by atoms with E-state index < -0.39 is 0 Å². The maximum absolute atomic E-state index is 9.22. The first-order chi connectivity index (χ1) is 5.65. The summed E-state index contributed by atoms with van der Waals surface area (Å²) in [6.07, 6.45) is 1.60. The first-order valence-corrected chi connectivity index (χ1v) is 3.89. The minimum atomic E-state index is -0.256. The highest BCUT2D eigenvalue weighted by Crippen LogP contribution is 2.25. The molecule has 1 rings (SSSR count). The lowest BCUT2D eigenvalue weighted by Crippen LogP contribution is -2.05. The van der Waals surface area contributed by atoms with Gasteiger partial charge in [-0.15, -0.1) is 6.58 Å². The number of benzene rings is 1. The molecule has 1 unspecified atom stereocenters. The van der Waals surface area contributed by atoms with Gasteiger partial charge in [-0.1, -0.05) is 23.7 Å². The second-order valence-electron chi connectivity index (χ2n) is 2.47. The molecule has 64 valence electrons. The summed E-state index contributed by atoms with van der Waals surface area (Å²) in [4.78, 5) is 0. The van der Waals surface area contributed by atoms with Gasteiger partial charge < -0.3 is 10.8 Å². The lowest BCUT2D eigenvalue weighted by molar-refractivity contribution is 0.474. The predicted octanol–water partition coefficient (Wildman–Crippen LogP) is 2.23. The molecule has 0 bridgehead atoms. The third kappa shape index (κ3) is 1.78. The molecule has 0 saturated heterocycles. The van der Waals surface area contributed by atoms with Gasteiger partial charge in [-0.25, -0.2) is 0 Å². The fourth-order valence-electron chi connectivity index (χ4n) is 0.873. The zero-order valence-electron chi connectivity index (χ0n) is 6.50. The van der Waals surface area contributed by atoms with Gasteiger partial charge in [-0.05, 0) is 17.7 Å². The topological polar surface area (TPSA) is 46.2 Å². The molecule has 0 aliphatic rings. The molecule has 1 aromatic rings. The van der Waals surface area contributed by atoms with Crippen LogP contribution in [0.3, 0.4) is 0 Å². The number of halogens is 1. The molecule has 12 heavy (non-hydrogen) atoms. The van der Waals surface area contributed by atoms with Crippen molar-refractivity contribution in [2.45, 2.75) is 6.04 Å².